The highest BCUT2D eigenvalue weighted by Crippen LogP contribution is 2.51. The molecule has 51 heavy (non-hydrogen) atoms. The van der Waals surface area contributed by atoms with Gasteiger partial charge < -0.3 is 5.10 Å². The van der Waals surface area contributed by atoms with E-state index in [2.05, 4.69) is 166 Å². The molecular formula is C47H37N3S. The standard InChI is InChI=1S/C47H37N3S/c1-46(2)38-15-9-8-14-36(38)37-23-21-34(26-40(37)46)43-27-42(49-50(43)29-30-11-6-5-7-12-30)32-19-17-31(18-20-32)33-22-24-44-41(25-33)47(3,4)39-16-10-13-35(28-48)45(39)51-44/h5-27H,29H2,1-4H3. The van der Waals surface area contributed by atoms with Crippen molar-refractivity contribution in [1.29, 1.82) is 5.26 Å². The van der Waals surface area contributed by atoms with Crippen LogP contribution in [0.15, 0.2) is 149 Å². The summed E-state index contributed by atoms with van der Waals surface area (Å²) in [6.45, 7) is 9.89. The molecule has 6 aromatic carbocycles. The smallest absolute Gasteiger partial charge is 0.202 e. The fourth-order valence-electron chi connectivity index (χ4n) is 8.13. The van der Waals surface area contributed by atoms with Crippen LogP contribution >= 0.6 is 11.8 Å². The van der Waals surface area contributed by atoms with Gasteiger partial charge in [0.1, 0.15) is 6.07 Å². The Hall–Kier alpha value is -5.63. The lowest BCUT2D eigenvalue weighted by Gasteiger charge is -2.35. The molecule has 0 unspecified atom stereocenters. The van der Waals surface area contributed by atoms with E-state index in [1.54, 1.807) is 11.8 Å². The molecule has 0 bridgehead atoms. The number of aromatic nitrogens is 2. The largest absolute Gasteiger partial charge is 0.409 e. The topological polar surface area (TPSA) is 41.8 Å². The maximum absolute atomic E-state index is 9.76. The lowest BCUT2D eigenvalue weighted by molar-refractivity contribution is -0.736. The molecular weight excluding hydrogens is 639 g/mol. The lowest BCUT2D eigenvalue weighted by atomic mass is 9.76. The average molecular weight is 676 g/mol. The van der Waals surface area contributed by atoms with E-state index in [9.17, 15) is 5.26 Å². The molecule has 0 atom stereocenters. The third-order valence-electron chi connectivity index (χ3n) is 11.0. The van der Waals surface area contributed by atoms with E-state index in [0.717, 1.165) is 27.4 Å². The minimum absolute atomic E-state index is 0.0710. The normalized spacial score (nSPS) is 14.6. The second kappa shape index (κ2) is 11.7. The van der Waals surface area contributed by atoms with Crippen LogP contribution in [0, 0.1) is 11.3 Å². The maximum atomic E-state index is 9.76. The molecule has 0 saturated carbocycles. The van der Waals surface area contributed by atoms with Gasteiger partial charge in [0.25, 0.3) is 0 Å². The minimum Gasteiger partial charge on any atom is -0.409 e. The second-order valence-electron chi connectivity index (χ2n) is 14.8. The first-order valence-electron chi connectivity index (χ1n) is 17.6. The molecule has 1 aliphatic heterocycles. The molecule has 9 rings (SSSR count). The van der Waals surface area contributed by atoms with Crippen LogP contribution in [0.1, 0.15) is 61.1 Å². The summed E-state index contributed by atoms with van der Waals surface area (Å²) < 4.78 is 2.16. The zero-order chi connectivity index (χ0) is 34.9. The van der Waals surface area contributed by atoms with Gasteiger partial charge >= 0.3 is 0 Å². The first-order valence-corrected chi connectivity index (χ1v) is 18.4. The Morgan fingerprint density at radius 1 is 0.588 bits per heavy atom. The van der Waals surface area contributed by atoms with Gasteiger partial charge in [-0.15, -0.1) is 0 Å². The monoisotopic (exact) mass is 675 g/mol. The third kappa shape index (κ3) is 5.07. The van der Waals surface area contributed by atoms with Crippen molar-refractivity contribution in [3.8, 4) is 50.8 Å². The lowest BCUT2D eigenvalue weighted by Crippen LogP contribution is -2.40. The SMILES string of the molecule is CC1(C)c2ccccc2-c2ccc(-c3cc(-c4ccc(-c5ccc6c(c5)C(C)(C)c5cccc(C#N)c5S6)cc4)[n-][n+]3Cc3ccccc3)cc21. The number of hydrogen-bond acceptors (Lipinski definition) is 2. The molecule has 0 radical (unpaired) electrons. The number of nitrogens with zero attached hydrogens (tertiary/aromatic N) is 3. The predicted molar refractivity (Wildman–Crippen MR) is 207 cm³/mol. The Labute approximate surface area is 304 Å². The summed E-state index contributed by atoms with van der Waals surface area (Å²) in [5, 5.41) is 15.0. The van der Waals surface area contributed by atoms with Gasteiger partial charge in [0, 0.05) is 31.7 Å². The summed E-state index contributed by atoms with van der Waals surface area (Å²) in [6.07, 6.45) is 0. The Morgan fingerprint density at radius 3 is 2.04 bits per heavy atom. The van der Waals surface area contributed by atoms with Crippen molar-refractivity contribution in [2.45, 2.75) is 54.9 Å². The van der Waals surface area contributed by atoms with E-state index in [4.69, 9.17) is 5.10 Å². The number of rotatable bonds is 5. The first-order chi connectivity index (χ1) is 24.7. The zero-order valence-electron chi connectivity index (χ0n) is 29.2. The van der Waals surface area contributed by atoms with Crippen molar-refractivity contribution in [2.24, 2.45) is 0 Å². The van der Waals surface area contributed by atoms with Crippen molar-refractivity contribution in [3.05, 3.63) is 173 Å². The van der Waals surface area contributed by atoms with Crippen LogP contribution in [-0.4, -0.2) is 0 Å². The van der Waals surface area contributed by atoms with Crippen LogP contribution < -0.4 is 9.78 Å². The Kier molecular flexibility index (Phi) is 7.21. The number of hydrogen-bond donors (Lipinski definition) is 0. The minimum atomic E-state index is -0.212. The molecule has 0 fully saturated rings. The van der Waals surface area contributed by atoms with Crippen LogP contribution in [0.5, 0.6) is 0 Å². The molecule has 3 nitrogen and oxygen atoms in total. The zero-order valence-corrected chi connectivity index (χ0v) is 30.1. The van der Waals surface area contributed by atoms with Gasteiger partial charge in [0.05, 0.1) is 5.56 Å². The van der Waals surface area contributed by atoms with Gasteiger partial charge in [-0.2, -0.15) is 5.26 Å². The highest BCUT2D eigenvalue weighted by Gasteiger charge is 2.36. The van der Waals surface area contributed by atoms with Gasteiger partial charge in [-0.1, -0.05) is 148 Å². The maximum Gasteiger partial charge on any atom is 0.202 e. The molecule has 0 N–H and O–H groups in total. The first kappa shape index (κ1) is 31.4. The van der Waals surface area contributed by atoms with Crippen molar-refractivity contribution < 1.29 is 4.68 Å². The Bertz CT molecular complexity index is 2530. The molecule has 0 saturated heterocycles. The van der Waals surface area contributed by atoms with E-state index < -0.39 is 0 Å². The van der Waals surface area contributed by atoms with Gasteiger partial charge in [0.2, 0.25) is 5.69 Å². The highest BCUT2D eigenvalue weighted by atomic mass is 32.2. The molecule has 4 heteroatoms. The van der Waals surface area contributed by atoms with E-state index in [0.29, 0.717) is 6.54 Å². The van der Waals surface area contributed by atoms with Crippen LogP contribution in [-0.2, 0) is 17.4 Å². The van der Waals surface area contributed by atoms with Crippen molar-refractivity contribution in [3.63, 3.8) is 0 Å². The summed E-state index contributed by atoms with van der Waals surface area (Å²) in [5.41, 5.74) is 16.3. The van der Waals surface area contributed by atoms with Crippen molar-refractivity contribution in [1.82, 2.24) is 5.10 Å². The predicted octanol–water partition coefficient (Wildman–Crippen LogP) is 10.9. The Morgan fingerprint density at radius 2 is 1.24 bits per heavy atom. The second-order valence-corrected chi connectivity index (χ2v) is 15.9. The molecule has 1 aliphatic carbocycles. The van der Waals surface area contributed by atoms with Crippen LogP contribution in [0.2, 0.25) is 0 Å². The number of benzene rings is 6. The molecule has 7 aromatic rings. The summed E-state index contributed by atoms with van der Waals surface area (Å²) in [4.78, 5) is 2.29. The van der Waals surface area contributed by atoms with Crippen molar-refractivity contribution >= 4 is 11.8 Å². The highest BCUT2D eigenvalue weighted by molar-refractivity contribution is 7.99. The summed E-state index contributed by atoms with van der Waals surface area (Å²) in [5.74, 6) is 0. The van der Waals surface area contributed by atoms with Gasteiger partial charge in [0.15, 0.2) is 6.54 Å². The van der Waals surface area contributed by atoms with Crippen LogP contribution in [0.4, 0.5) is 0 Å². The number of fused-ring (bicyclic) bond motifs is 5. The molecule has 0 amide bonds. The average Bonchev–Trinajstić information content (AvgIpc) is 3.67. The Balaban J connectivity index is 1.07. The van der Waals surface area contributed by atoms with E-state index >= 15 is 0 Å². The van der Waals surface area contributed by atoms with Gasteiger partial charge in [-0.05, 0) is 86.5 Å². The number of nitriles is 1. The summed E-state index contributed by atoms with van der Waals surface area (Å²) in [6, 6.07) is 52.7. The summed E-state index contributed by atoms with van der Waals surface area (Å²) >= 11 is 1.71. The van der Waals surface area contributed by atoms with Crippen LogP contribution in [0.3, 0.4) is 0 Å². The van der Waals surface area contributed by atoms with Gasteiger partial charge in [-0.3, -0.25) is 4.68 Å². The molecule has 1 aromatic heterocycles. The molecule has 246 valence electrons. The third-order valence-corrected chi connectivity index (χ3v) is 12.2. The van der Waals surface area contributed by atoms with Crippen LogP contribution in [0.25, 0.3) is 44.8 Å². The van der Waals surface area contributed by atoms with E-state index in [1.165, 1.54) is 60.5 Å². The fraction of sp³-hybridized carbons (Fsp3) is 0.149. The van der Waals surface area contributed by atoms with E-state index in [1.807, 2.05) is 12.1 Å². The quantitative estimate of drug-likeness (QED) is 0.171. The van der Waals surface area contributed by atoms with E-state index in [-0.39, 0.29) is 10.8 Å². The van der Waals surface area contributed by atoms with Crippen molar-refractivity contribution in [2.75, 3.05) is 0 Å². The fourth-order valence-corrected chi connectivity index (χ4v) is 9.57. The molecule has 2 heterocycles. The summed E-state index contributed by atoms with van der Waals surface area (Å²) in [7, 11) is 0. The molecule has 0 spiro atoms. The molecule has 2 aliphatic rings. The van der Waals surface area contributed by atoms with Gasteiger partial charge in [-0.25, -0.2) is 0 Å².